The van der Waals surface area contributed by atoms with E-state index >= 15 is 0 Å². The van der Waals surface area contributed by atoms with Crippen molar-refractivity contribution in [3.05, 3.63) is 70.2 Å². The molecule has 27 heavy (non-hydrogen) atoms. The molecule has 0 spiro atoms. The molecular formula is C20H21ClO6. The van der Waals surface area contributed by atoms with E-state index in [-0.39, 0.29) is 0 Å². The Hall–Kier alpha value is -1.96. The van der Waals surface area contributed by atoms with Crippen molar-refractivity contribution in [2.75, 3.05) is 0 Å². The molecule has 5 atom stereocenters. The van der Waals surface area contributed by atoms with Crippen LogP contribution in [0.2, 0.25) is 5.02 Å². The number of carbonyl (C=O) groups excluding carboxylic acids is 1. The first-order valence-electron chi connectivity index (χ1n) is 8.48. The Morgan fingerprint density at radius 3 is 2.44 bits per heavy atom. The van der Waals surface area contributed by atoms with Crippen LogP contribution in [0.4, 0.5) is 0 Å². The molecule has 1 aliphatic rings. The molecule has 0 aromatic heterocycles. The van der Waals surface area contributed by atoms with Crippen LogP contribution in [0.5, 0.6) is 0 Å². The highest BCUT2D eigenvalue weighted by atomic mass is 35.5. The minimum absolute atomic E-state index is 0.319. The van der Waals surface area contributed by atoms with Gasteiger partial charge >= 0.3 is 5.97 Å². The first-order chi connectivity index (χ1) is 12.7. The second-order valence-corrected chi connectivity index (χ2v) is 7.23. The molecule has 3 rings (SSSR count). The van der Waals surface area contributed by atoms with Crippen LogP contribution in [-0.2, 0) is 9.47 Å². The fourth-order valence-electron chi connectivity index (χ4n) is 3.05. The van der Waals surface area contributed by atoms with Gasteiger partial charge in [0.1, 0.15) is 17.8 Å². The molecule has 0 saturated carbocycles. The summed E-state index contributed by atoms with van der Waals surface area (Å²) in [6, 6.07) is 13.4. The van der Waals surface area contributed by atoms with E-state index in [2.05, 4.69) is 0 Å². The van der Waals surface area contributed by atoms with Crippen LogP contribution >= 0.6 is 11.6 Å². The maximum atomic E-state index is 12.6. The quantitative estimate of drug-likeness (QED) is 0.691. The smallest absolute Gasteiger partial charge is 0.338 e. The van der Waals surface area contributed by atoms with Crippen LogP contribution in [-0.4, -0.2) is 45.4 Å². The zero-order chi connectivity index (χ0) is 19.8. The number of rotatable bonds is 4. The van der Waals surface area contributed by atoms with Gasteiger partial charge in [0.15, 0.2) is 12.4 Å². The van der Waals surface area contributed by atoms with Gasteiger partial charge in [0.2, 0.25) is 0 Å². The van der Waals surface area contributed by atoms with Gasteiger partial charge in [0, 0.05) is 5.02 Å². The van der Waals surface area contributed by atoms with Crippen molar-refractivity contribution in [3.8, 4) is 0 Å². The Bertz CT molecular complexity index is 822. The third-order valence-corrected chi connectivity index (χ3v) is 5.18. The molecule has 7 heteroatoms. The summed E-state index contributed by atoms with van der Waals surface area (Å²) in [5, 5.41) is 31.0. The van der Waals surface area contributed by atoms with Crippen molar-refractivity contribution in [2.45, 2.75) is 44.1 Å². The van der Waals surface area contributed by atoms with Gasteiger partial charge in [-0.1, -0.05) is 41.9 Å². The van der Waals surface area contributed by atoms with Gasteiger partial charge in [-0.3, -0.25) is 0 Å². The Labute approximate surface area is 161 Å². The summed E-state index contributed by atoms with van der Waals surface area (Å²) < 4.78 is 11.0. The lowest BCUT2D eigenvalue weighted by atomic mass is 9.88. The minimum Gasteiger partial charge on any atom is -0.451 e. The SMILES string of the molecule is Cc1ccc([C@@H](OC(=O)c2ccccc2)[C@H]2OC(O)[C@H](O)[C@]2(C)O)cc1Cl. The highest BCUT2D eigenvalue weighted by Crippen LogP contribution is 2.40. The van der Waals surface area contributed by atoms with Crippen LogP contribution in [0.15, 0.2) is 48.5 Å². The van der Waals surface area contributed by atoms with Gasteiger partial charge in [-0.15, -0.1) is 0 Å². The predicted molar refractivity (Wildman–Crippen MR) is 98.3 cm³/mol. The van der Waals surface area contributed by atoms with Crippen molar-refractivity contribution in [3.63, 3.8) is 0 Å². The summed E-state index contributed by atoms with van der Waals surface area (Å²) >= 11 is 6.20. The molecule has 1 unspecified atom stereocenters. The second kappa shape index (κ2) is 7.58. The zero-order valence-corrected chi connectivity index (χ0v) is 15.6. The second-order valence-electron chi connectivity index (χ2n) is 6.82. The van der Waals surface area contributed by atoms with Gasteiger partial charge in [-0.2, -0.15) is 0 Å². The third kappa shape index (κ3) is 3.85. The molecule has 6 nitrogen and oxygen atoms in total. The number of aryl methyl sites for hydroxylation is 1. The van der Waals surface area contributed by atoms with Crippen LogP contribution < -0.4 is 0 Å². The molecule has 1 saturated heterocycles. The minimum atomic E-state index is -1.85. The molecular weight excluding hydrogens is 372 g/mol. The van der Waals surface area contributed by atoms with Crippen LogP contribution in [0.3, 0.4) is 0 Å². The monoisotopic (exact) mass is 392 g/mol. The van der Waals surface area contributed by atoms with E-state index < -0.39 is 36.2 Å². The van der Waals surface area contributed by atoms with Crippen molar-refractivity contribution in [1.29, 1.82) is 0 Å². The number of aliphatic hydroxyl groups excluding tert-OH is 2. The summed E-state index contributed by atoms with van der Waals surface area (Å²) in [6.45, 7) is 3.14. The fourth-order valence-corrected chi connectivity index (χ4v) is 3.23. The van der Waals surface area contributed by atoms with E-state index in [0.29, 0.717) is 16.1 Å². The number of esters is 1. The highest BCUT2D eigenvalue weighted by molar-refractivity contribution is 6.31. The number of hydrogen-bond acceptors (Lipinski definition) is 6. The number of carbonyl (C=O) groups is 1. The van der Waals surface area contributed by atoms with Crippen molar-refractivity contribution in [1.82, 2.24) is 0 Å². The lowest BCUT2D eigenvalue weighted by molar-refractivity contribution is -0.150. The van der Waals surface area contributed by atoms with Gasteiger partial charge in [-0.05, 0) is 43.2 Å². The number of hydrogen-bond donors (Lipinski definition) is 3. The highest BCUT2D eigenvalue weighted by Gasteiger charge is 2.56. The summed E-state index contributed by atoms with van der Waals surface area (Å²) in [5.74, 6) is -0.632. The van der Waals surface area contributed by atoms with Gasteiger partial charge in [0.25, 0.3) is 0 Å². The molecule has 144 valence electrons. The maximum absolute atomic E-state index is 12.6. The average Bonchev–Trinajstić information content (AvgIpc) is 2.85. The number of halogens is 1. The lowest BCUT2D eigenvalue weighted by Gasteiger charge is -2.32. The van der Waals surface area contributed by atoms with E-state index in [1.54, 1.807) is 48.5 Å². The Morgan fingerprint density at radius 2 is 1.89 bits per heavy atom. The van der Waals surface area contributed by atoms with Gasteiger partial charge in [0.05, 0.1) is 5.56 Å². The molecule has 0 bridgehead atoms. The van der Waals surface area contributed by atoms with E-state index in [0.717, 1.165) is 5.56 Å². The average molecular weight is 393 g/mol. The fraction of sp³-hybridized carbons (Fsp3) is 0.350. The first-order valence-corrected chi connectivity index (χ1v) is 8.85. The number of benzene rings is 2. The molecule has 1 fully saturated rings. The summed E-state index contributed by atoms with van der Waals surface area (Å²) in [6.07, 6.45) is -5.46. The van der Waals surface area contributed by atoms with Gasteiger partial charge < -0.3 is 24.8 Å². The van der Waals surface area contributed by atoms with Crippen LogP contribution in [0.1, 0.15) is 34.5 Å². The van der Waals surface area contributed by atoms with E-state index in [4.69, 9.17) is 21.1 Å². The Kier molecular flexibility index (Phi) is 5.55. The molecule has 0 aliphatic carbocycles. The van der Waals surface area contributed by atoms with E-state index in [1.165, 1.54) is 6.92 Å². The maximum Gasteiger partial charge on any atom is 0.338 e. The molecule has 0 radical (unpaired) electrons. The molecule has 2 aromatic rings. The van der Waals surface area contributed by atoms with Gasteiger partial charge in [-0.25, -0.2) is 4.79 Å². The summed E-state index contributed by atoms with van der Waals surface area (Å²) in [7, 11) is 0. The Balaban J connectivity index is 1.99. The van der Waals surface area contributed by atoms with Crippen molar-refractivity contribution < 1.29 is 29.6 Å². The van der Waals surface area contributed by atoms with Crippen LogP contribution in [0.25, 0.3) is 0 Å². The van der Waals surface area contributed by atoms with E-state index in [1.807, 2.05) is 6.92 Å². The molecule has 2 aromatic carbocycles. The van der Waals surface area contributed by atoms with Crippen LogP contribution in [0, 0.1) is 6.92 Å². The molecule has 1 aliphatic heterocycles. The van der Waals surface area contributed by atoms with Crippen molar-refractivity contribution in [2.24, 2.45) is 0 Å². The number of aliphatic hydroxyl groups is 3. The summed E-state index contributed by atoms with van der Waals surface area (Å²) in [4.78, 5) is 12.6. The predicted octanol–water partition coefficient (Wildman–Crippen LogP) is 2.38. The largest absolute Gasteiger partial charge is 0.451 e. The topological polar surface area (TPSA) is 96.2 Å². The molecule has 3 N–H and O–H groups in total. The zero-order valence-electron chi connectivity index (χ0n) is 14.9. The van der Waals surface area contributed by atoms with E-state index in [9.17, 15) is 20.1 Å². The first kappa shape index (κ1) is 19.8. The molecule has 1 heterocycles. The Morgan fingerprint density at radius 1 is 1.22 bits per heavy atom. The molecule has 0 amide bonds. The number of ether oxygens (including phenoxy) is 2. The standard InChI is InChI=1S/C20H21ClO6/c1-11-8-9-13(10-14(11)21)15(17-20(2,25)16(22)19(24)27-17)26-18(23)12-6-4-3-5-7-12/h3-10,15-17,19,22,24-25H,1-2H3/t15-,16+,17-,19?,20+/m1/s1. The summed E-state index contributed by atoms with van der Waals surface area (Å²) in [5.41, 5.74) is -0.230. The third-order valence-electron chi connectivity index (χ3n) is 4.77. The normalized spacial score (nSPS) is 28.7. The van der Waals surface area contributed by atoms with Crippen molar-refractivity contribution >= 4 is 17.6 Å². The lowest BCUT2D eigenvalue weighted by Crippen LogP contribution is -2.48.